The Bertz CT molecular complexity index is 468. The van der Waals surface area contributed by atoms with Crippen molar-refractivity contribution in [2.24, 2.45) is 5.41 Å². The van der Waals surface area contributed by atoms with Gasteiger partial charge in [0, 0.05) is 12.4 Å². The number of nitrogens with zero attached hydrogens (tertiary/aromatic N) is 2. The van der Waals surface area contributed by atoms with Crippen LogP contribution in [0.2, 0.25) is 5.15 Å². The molecule has 0 aliphatic heterocycles. The van der Waals surface area contributed by atoms with E-state index in [-0.39, 0.29) is 22.2 Å². The van der Waals surface area contributed by atoms with Gasteiger partial charge in [0.15, 0.2) is 5.15 Å². The van der Waals surface area contributed by atoms with E-state index in [4.69, 9.17) is 15.8 Å². The number of hydrogen-bond acceptors (Lipinski definition) is 5. The van der Waals surface area contributed by atoms with E-state index in [0.29, 0.717) is 0 Å². The monoisotopic (exact) mass is 264 g/mol. The summed E-state index contributed by atoms with van der Waals surface area (Å²) in [6.45, 7) is 5.64. The molecule has 0 saturated heterocycles. The Morgan fingerprint density at radius 2 is 1.88 bits per heavy atom. The Morgan fingerprint density at radius 3 is 2.38 bits per heavy atom. The average molecular weight is 265 g/mol. The van der Waals surface area contributed by atoms with Crippen molar-refractivity contribution in [3.63, 3.8) is 0 Å². The summed E-state index contributed by atoms with van der Waals surface area (Å²) in [6.07, 6.45) is 2.56. The van der Waals surface area contributed by atoms with E-state index in [1.54, 1.807) is 0 Å². The Hall–Kier alpha value is -0.720. The molecular formula is C9H13ClN2O3S. The quantitative estimate of drug-likeness (QED) is 0.780. The molecule has 0 spiro atoms. The van der Waals surface area contributed by atoms with E-state index in [1.807, 2.05) is 20.8 Å². The van der Waals surface area contributed by atoms with Gasteiger partial charge in [-0.15, -0.1) is 0 Å². The predicted octanol–water partition coefficient (Wildman–Crippen LogP) is 1.88. The zero-order chi connectivity index (χ0) is 12.4. The van der Waals surface area contributed by atoms with Crippen LogP contribution in [0.4, 0.5) is 0 Å². The van der Waals surface area contributed by atoms with E-state index in [2.05, 4.69) is 9.97 Å². The van der Waals surface area contributed by atoms with E-state index in [1.165, 1.54) is 12.4 Å². The van der Waals surface area contributed by atoms with Crippen molar-refractivity contribution in [3.05, 3.63) is 17.5 Å². The van der Waals surface area contributed by atoms with Gasteiger partial charge in [0.25, 0.3) is 0 Å². The Morgan fingerprint density at radius 1 is 1.31 bits per heavy atom. The minimum absolute atomic E-state index is 0.0578. The summed E-state index contributed by atoms with van der Waals surface area (Å²) in [5.74, 6) is 0. The van der Waals surface area contributed by atoms with Gasteiger partial charge in [0.2, 0.25) is 5.03 Å². The average Bonchev–Trinajstić information content (AvgIpc) is 2.14. The molecule has 0 amide bonds. The summed E-state index contributed by atoms with van der Waals surface area (Å²) in [4.78, 5) is 7.28. The third-order valence-electron chi connectivity index (χ3n) is 1.51. The fraction of sp³-hybridized carbons (Fsp3) is 0.556. The first-order valence-corrected chi connectivity index (χ1v) is 6.37. The van der Waals surface area contributed by atoms with Gasteiger partial charge in [-0.25, -0.2) is 9.97 Å². The molecule has 0 fully saturated rings. The highest BCUT2D eigenvalue weighted by atomic mass is 35.5. The molecule has 0 aromatic carbocycles. The topological polar surface area (TPSA) is 69.2 Å². The maximum absolute atomic E-state index is 11.7. The molecule has 0 aliphatic carbocycles. The van der Waals surface area contributed by atoms with E-state index >= 15 is 0 Å². The number of rotatable bonds is 3. The van der Waals surface area contributed by atoms with Gasteiger partial charge in [-0.1, -0.05) is 32.4 Å². The Labute approximate surface area is 99.9 Å². The second-order valence-corrected chi connectivity index (χ2v) is 6.32. The van der Waals surface area contributed by atoms with Crippen LogP contribution in [0.15, 0.2) is 17.4 Å². The zero-order valence-corrected chi connectivity index (χ0v) is 10.8. The standard InChI is InChI=1S/C9H13ClN2O3S/c1-9(2,3)6-15-16(13,14)8-7(10)11-4-5-12-8/h4-5H,6H2,1-3H3. The summed E-state index contributed by atoms with van der Waals surface area (Å²) >= 11 is 5.63. The number of halogens is 1. The summed E-state index contributed by atoms with van der Waals surface area (Å²) in [5.41, 5.74) is -0.262. The second kappa shape index (κ2) is 4.65. The lowest BCUT2D eigenvalue weighted by atomic mass is 9.99. The van der Waals surface area contributed by atoms with Crippen LogP contribution in [0.5, 0.6) is 0 Å². The van der Waals surface area contributed by atoms with Crippen molar-refractivity contribution in [1.29, 1.82) is 0 Å². The highest BCUT2D eigenvalue weighted by Crippen LogP contribution is 2.21. The molecule has 0 bridgehead atoms. The first kappa shape index (κ1) is 13.3. The molecule has 1 heterocycles. The van der Waals surface area contributed by atoms with Crippen LogP contribution in [0.3, 0.4) is 0 Å². The summed E-state index contributed by atoms with van der Waals surface area (Å²) < 4.78 is 28.2. The van der Waals surface area contributed by atoms with Crippen LogP contribution in [-0.4, -0.2) is 25.0 Å². The van der Waals surface area contributed by atoms with Crippen LogP contribution in [0, 0.1) is 5.41 Å². The highest BCUT2D eigenvalue weighted by molar-refractivity contribution is 7.86. The van der Waals surface area contributed by atoms with Gasteiger partial charge in [-0.05, 0) is 5.41 Å². The maximum atomic E-state index is 11.7. The summed E-state index contributed by atoms with van der Waals surface area (Å²) in [7, 11) is -3.93. The van der Waals surface area contributed by atoms with Gasteiger partial charge in [0.1, 0.15) is 0 Å². The lowest BCUT2D eigenvalue weighted by Crippen LogP contribution is -2.19. The maximum Gasteiger partial charge on any atom is 0.317 e. The van der Waals surface area contributed by atoms with Crippen LogP contribution in [0.1, 0.15) is 20.8 Å². The molecule has 0 aliphatic rings. The van der Waals surface area contributed by atoms with Crippen LogP contribution in [0.25, 0.3) is 0 Å². The second-order valence-electron chi connectivity index (χ2n) is 4.43. The van der Waals surface area contributed by atoms with Gasteiger partial charge in [0.05, 0.1) is 6.61 Å². The SMILES string of the molecule is CC(C)(C)COS(=O)(=O)c1nccnc1Cl. The lowest BCUT2D eigenvalue weighted by molar-refractivity contribution is 0.203. The number of hydrogen-bond donors (Lipinski definition) is 0. The molecule has 0 atom stereocenters. The van der Waals surface area contributed by atoms with Crippen LogP contribution in [-0.2, 0) is 14.3 Å². The third-order valence-corrected chi connectivity index (χ3v) is 3.10. The first-order chi connectivity index (χ1) is 7.22. The molecule has 0 N–H and O–H groups in total. The molecular weight excluding hydrogens is 252 g/mol. The molecule has 1 rings (SSSR count). The normalized spacial score (nSPS) is 12.8. The molecule has 1 aromatic heterocycles. The van der Waals surface area contributed by atoms with E-state index in [0.717, 1.165) is 0 Å². The van der Waals surface area contributed by atoms with Gasteiger partial charge >= 0.3 is 10.1 Å². The van der Waals surface area contributed by atoms with Crippen molar-refractivity contribution in [1.82, 2.24) is 9.97 Å². The molecule has 7 heteroatoms. The minimum Gasteiger partial charge on any atom is -0.265 e. The van der Waals surface area contributed by atoms with Gasteiger partial charge < -0.3 is 0 Å². The fourth-order valence-electron chi connectivity index (χ4n) is 0.786. The fourth-order valence-corrected chi connectivity index (χ4v) is 2.24. The van der Waals surface area contributed by atoms with Gasteiger partial charge in [-0.3, -0.25) is 4.18 Å². The molecule has 1 aromatic rings. The molecule has 0 radical (unpaired) electrons. The first-order valence-electron chi connectivity index (χ1n) is 4.58. The lowest BCUT2D eigenvalue weighted by Gasteiger charge is -2.17. The van der Waals surface area contributed by atoms with Crippen LogP contribution >= 0.6 is 11.6 Å². The Balaban J connectivity index is 2.92. The number of aromatic nitrogens is 2. The van der Waals surface area contributed by atoms with Crippen molar-refractivity contribution < 1.29 is 12.6 Å². The Kier molecular flexibility index (Phi) is 3.88. The third kappa shape index (κ3) is 3.70. The van der Waals surface area contributed by atoms with Crippen LogP contribution < -0.4 is 0 Å². The van der Waals surface area contributed by atoms with Crippen molar-refractivity contribution in [2.75, 3.05) is 6.61 Å². The summed E-state index contributed by atoms with van der Waals surface area (Å²) in [5, 5.41) is -0.530. The molecule has 90 valence electrons. The minimum atomic E-state index is -3.93. The highest BCUT2D eigenvalue weighted by Gasteiger charge is 2.24. The predicted molar refractivity (Wildman–Crippen MR) is 59.6 cm³/mol. The summed E-state index contributed by atoms with van der Waals surface area (Å²) in [6, 6.07) is 0. The molecule has 5 nitrogen and oxygen atoms in total. The smallest absolute Gasteiger partial charge is 0.265 e. The molecule has 0 saturated carbocycles. The van der Waals surface area contributed by atoms with Crippen molar-refractivity contribution in [3.8, 4) is 0 Å². The van der Waals surface area contributed by atoms with Crippen molar-refractivity contribution in [2.45, 2.75) is 25.8 Å². The van der Waals surface area contributed by atoms with Crippen molar-refractivity contribution >= 4 is 21.7 Å². The van der Waals surface area contributed by atoms with E-state index < -0.39 is 10.1 Å². The zero-order valence-electron chi connectivity index (χ0n) is 9.27. The van der Waals surface area contributed by atoms with Gasteiger partial charge in [-0.2, -0.15) is 8.42 Å². The van der Waals surface area contributed by atoms with E-state index in [9.17, 15) is 8.42 Å². The molecule has 16 heavy (non-hydrogen) atoms. The molecule has 0 unspecified atom stereocenters. The largest absolute Gasteiger partial charge is 0.317 e.